The Bertz CT molecular complexity index is 246. The van der Waals surface area contributed by atoms with Crippen LogP contribution in [0.25, 0.3) is 0 Å². The van der Waals surface area contributed by atoms with Gasteiger partial charge in [0.15, 0.2) is 0 Å². The maximum atomic E-state index is 11.2. The molecule has 3 heteroatoms. The van der Waals surface area contributed by atoms with Crippen LogP contribution in [-0.4, -0.2) is 24.8 Å². The van der Waals surface area contributed by atoms with Crippen molar-refractivity contribution in [3.05, 3.63) is 24.8 Å². The van der Waals surface area contributed by atoms with Crippen molar-refractivity contribution < 1.29 is 14.3 Å². The first kappa shape index (κ1) is 14.9. The van der Waals surface area contributed by atoms with Gasteiger partial charge in [-0.3, -0.25) is 0 Å². The fourth-order valence-electron chi connectivity index (χ4n) is 1.49. The maximum Gasteiger partial charge on any atom is 0.336 e. The van der Waals surface area contributed by atoms with E-state index in [1.807, 2.05) is 20.8 Å². The minimum Gasteiger partial charge on any atom is -0.456 e. The fraction of sp³-hybridized carbons (Fsp3) is 0.615. The Hall–Kier alpha value is -1.09. The molecule has 0 amide bonds. The molecule has 1 heterocycles. The lowest BCUT2D eigenvalue weighted by Crippen LogP contribution is -2.25. The molecule has 0 aliphatic carbocycles. The zero-order valence-corrected chi connectivity index (χ0v) is 10.5. The lowest BCUT2D eigenvalue weighted by Gasteiger charge is -2.16. The quantitative estimate of drug-likeness (QED) is 0.411. The monoisotopic (exact) mass is 226 g/mol. The summed E-state index contributed by atoms with van der Waals surface area (Å²) in [5, 5.41) is 0. The van der Waals surface area contributed by atoms with Crippen LogP contribution in [0.4, 0.5) is 0 Å². The second-order valence-corrected chi connectivity index (χ2v) is 3.30. The smallest absolute Gasteiger partial charge is 0.336 e. The normalized spacial score (nSPS) is 23.4. The van der Waals surface area contributed by atoms with E-state index in [1.54, 1.807) is 6.08 Å². The molecule has 3 nitrogen and oxygen atoms in total. The van der Waals surface area contributed by atoms with Crippen molar-refractivity contribution in [2.75, 3.05) is 6.61 Å². The van der Waals surface area contributed by atoms with Crippen LogP contribution in [0, 0.1) is 0 Å². The molecule has 0 N–H and O–H groups in total. The summed E-state index contributed by atoms with van der Waals surface area (Å²) >= 11 is 0. The van der Waals surface area contributed by atoms with Gasteiger partial charge in [0.2, 0.25) is 0 Å². The van der Waals surface area contributed by atoms with E-state index in [-0.39, 0.29) is 18.2 Å². The van der Waals surface area contributed by atoms with Gasteiger partial charge < -0.3 is 9.47 Å². The molecule has 1 fully saturated rings. The molecular formula is C13H22O3. The van der Waals surface area contributed by atoms with Crippen LogP contribution in [-0.2, 0) is 14.3 Å². The predicted octanol–water partition coefficient (Wildman–Crippen LogP) is 2.87. The Balaban J connectivity index is 0.00000106. The van der Waals surface area contributed by atoms with Crippen LogP contribution in [0.2, 0.25) is 0 Å². The Morgan fingerprint density at radius 1 is 1.50 bits per heavy atom. The average molecular weight is 226 g/mol. The summed E-state index contributed by atoms with van der Waals surface area (Å²) in [5.74, 6) is -0.336. The van der Waals surface area contributed by atoms with Crippen molar-refractivity contribution in [2.24, 2.45) is 0 Å². The second kappa shape index (κ2) is 8.11. The summed E-state index contributed by atoms with van der Waals surface area (Å²) in [7, 11) is 0. The van der Waals surface area contributed by atoms with Crippen LogP contribution < -0.4 is 0 Å². The van der Waals surface area contributed by atoms with Crippen LogP contribution in [0.3, 0.4) is 0 Å². The molecule has 2 atom stereocenters. The van der Waals surface area contributed by atoms with Crippen molar-refractivity contribution >= 4 is 5.97 Å². The van der Waals surface area contributed by atoms with Crippen LogP contribution in [0.5, 0.6) is 0 Å². The minimum absolute atomic E-state index is 0.167. The van der Waals surface area contributed by atoms with Crippen molar-refractivity contribution in [3.63, 3.8) is 0 Å². The third-order valence-corrected chi connectivity index (χ3v) is 2.17. The lowest BCUT2D eigenvalue weighted by molar-refractivity contribution is -0.140. The summed E-state index contributed by atoms with van der Waals surface area (Å²) in [5.41, 5.74) is 0.422. The van der Waals surface area contributed by atoms with Crippen molar-refractivity contribution in [2.45, 2.75) is 45.8 Å². The lowest BCUT2D eigenvalue weighted by atomic mass is 10.1. The first-order valence-corrected chi connectivity index (χ1v) is 5.83. The highest BCUT2D eigenvalue weighted by Crippen LogP contribution is 2.25. The largest absolute Gasteiger partial charge is 0.456 e. The SMILES string of the molecule is C=CCOC1C(=C)C(=O)OC1CCC.CC. The first-order chi connectivity index (χ1) is 7.70. The van der Waals surface area contributed by atoms with Gasteiger partial charge in [-0.15, -0.1) is 6.58 Å². The van der Waals surface area contributed by atoms with E-state index >= 15 is 0 Å². The van der Waals surface area contributed by atoms with Gasteiger partial charge in [0.25, 0.3) is 0 Å². The molecule has 16 heavy (non-hydrogen) atoms. The number of rotatable bonds is 5. The average Bonchev–Trinajstić information content (AvgIpc) is 2.56. The zero-order chi connectivity index (χ0) is 12.6. The summed E-state index contributed by atoms with van der Waals surface area (Å²) in [4.78, 5) is 11.2. The predicted molar refractivity (Wildman–Crippen MR) is 65.2 cm³/mol. The molecular weight excluding hydrogens is 204 g/mol. The summed E-state index contributed by atoms with van der Waals surface area (Å²) in [6, 6.07) is 0. The van der Waals surface area contributed by atoms with Gasteiger partial charge in [0, 0.05) is 0 Å². The van der Waals surface area contributed by atoms with E-state index in [1.165, 1.54) is 0 Å². The fourth-order valence-corrected chi connectivity index (χ4v) is 1.49. The van der Waals surface area contributed by atoms with Gasteiger partial charge in [-0.1, -0.05) is 39.8 Å². The second-order valence-electron chi connectivity index (χ2n) is 3.30. The molecule has 92 valence electrons. The number of ether oxygens (including phenoxy) is 2. The number of cyclic esters (lactones) is 1. The van der Waals surface area contributed by atoms with Crippen molar-refractivity contribution in [1.82, 2.24) is 0 Å². The maximum absolute atomic E-state index is 11.2. The highest BCUT2D eigenvalue weighted by atomic mass is 16.6. The van der Waals surface area contributed by atoms with Gasteiger partial charge in [0.1, 0.15) is 12.2 Å². The number of carbonyl (C=O) groups is 1. The Labute approximate surface area is 98.1 Å². The minimum atomic E-state index is -0.336. The summed E-state index contributed by atoms with van der Waals surface area (Å²) in [6.07, 6.45) is 2.96. The van der Waals surface area contributed by atoms with Crippen LogP contribution >= 0.6 is 0 Å². The van der Waals surface area contributed by atoms with Crippen molar-refractivity contribution in [3.8, 4) is 0 Å². The third-order valence-electron chi connectivity index (χ3n) is 2.17. The standard InChI is InChI=1S/C11H16O3.C2H6/c1-4-6-9-10(13-7-5-2)8(3)11(12)14-9;1-2/h5,9-10H,2-4,6-7H2,1H3;1-2H3. The molecule has 0 aromatic rings. The molecule has 1 saturated heterocycles. The number of hydrogen-bond acceptors (Lipinski definition) is 3. The molecule has 1 rings (SSSR count). The van der Waals surface area contributed by atoms with E-state index in [2.05, 4.69) is 13.2 Å². The van der Waals surface area contributed by atoms with E-state index in [4.69, 9.17) is 9.47 Å². The number of carbonyl (C=O) groups excluding carboxylic acids is 1. The number of esters is 1. The van der Waals surface area contributed by atoms with Crippen LogP contribution in [0.1, 0.15) is 33.6 Å². The molecule has 0 spiro atoms. The Morgan fingerprint density at radius 3 is 2.62 bits per heavy atom. The van der Waals surface area contributed by atoms with Gasteiger partial charge in [-0.05, 0) is 6.42 Å². The summed E-state index contributed by atoms with van der Waals surface area (Å²) < 4.78 is 10.6. The summed E-state index contributed by atoms with van der Waals surface area (Å²) in [6.45, 7) is 13.7. The van der Waals surface area contributed by atoms with Gasteiger partial charge in [-0.25, -0.2) is 4.79 Å². The van der Waals surface area contributed by atoms with Crippen LogP contribution in [0.15, 0.2) is 24.8 Å². The molecule has 0 radical (unpaired) electrons. The molecule has 0 bridgehead atoms. The van der Waals surface area contributed by atoms with E-state index in [0.717, 1.165) is 12.8 Å². The zero-order valence-electron chi connectivity index (χ0n) is 10.5. The Morgan fingerprint density at radius 2 is 2.12 bits per heavy atom. The molecule has 1 aliphatic rings. The van der Waals surface area contributed by atoms with E-state index in [0.29, 0.717) is 12.2 Å². The van der Waals surface area contributed by atoms with Gasteiger partial charge in [0.05, 0.1) is 12.2 Å². The van der Waals surface area contributed by atoms with Gasteiger partial charge in [-0.2, -0.15) is 0 Å². The molecule has 0 aromatic carbocycles. The number of hydrogen-bond donors (Lipinski definition) is 0. The molecule has 0 saturated carbocycles. The topological polar surface area (TPSA) is 35.5 Å². The Kier molecular flexibility index (Phi) is 7.56. The first-order valence-electron chi connectivity index (χ1n) is 5.83. The molecule has 0 aromatic heterocycles. The highest BCUT2D eigenvalue weighted by Gasteiger charge is 2.38. The molecule has 1 aliphatic heterocycles. The molecule has 2 unspecified atom stereocenters. The third kappa shape index (κ3) is 3.81. The highest BCUT2D eigenvalue weighted by molar-refractivity contribution is 5.91. The van der Waals surface area contributed by atoms with E-state index < -0.39 is 0 Å². The van der Waals surface area contributed by atoms with Gasteiger partial charge >= 0.3 is 5.97 Å². The van der Waals surface area contributed by atoms with E-state index in [9.17, 15) is 4.79 Å². The van der Waals surface area contributed by atoms with Crippen molar-refractivity contribution in [1.29, 1.82) is 0 Å².